The summed E-state index contributed by atoms with van der Waals surface area (Å²) in [6, 6.07) is 0. The van der Waals surface area contributed by atoms with Crippen LogP contribution in [-0.2, 0) is 28.6 Å². The van der Waals surface area contributed by atoms with Crippen LogP contribution in [0.2, 0.25) is 0 Å². The van der Waals surface area contributed by atoms with Crippen molar-refractivity contribution in [2.75, 3.05) is 13.2 Å². The van der Waals surface area contributed by atoms with Crippen molar-refractivity contribution >= 4 is 17.9 Å². The molecular weight excluding hydrogens is 624 g/mol. The normalized spacial score (nSPS) is 12.1. The predicted octanol–water partition coefficient (Wildman–Crippen LogP) is 13.4. The molecule has 0 radical (unpaired) electrons. The van der Waals surface area contributed by atoms with E-state index in [1.807, 2.05) is 0 Å². The van der Waals surface area contributed by atoms with E-state index in [1.54, 1.807) is 0 Å². The zero-order valence-corrected chi connectivity index (χ0v) is 34.0. The average molecular weight is 709 g/mol. The largest absolute Gasteiger partial charge is 0.462 e. The molecular formula is C44H84O6. The van der Waals surface area contributed by atoms with Crippen LogP contribution in [0.1, 0.15) is 234 Å². The van der Waals surface area contributed by atoms with Crippen LogP contribution in [0.15, 0.2) is 0 Å². The number of rotatable bonds is 38. The number of ether oxygens (including phenoxy) is 3. The summed E-state index contributed by atoms with van der Waals surface area (Å²) in [5.41, 5.74) is 0. The highest BCUT2D eigenvalue weighted by Crippen LogP contribution is 2.16. The molecule has 0 aromatic carbocycles. The Balaban J connectivity index is 4.34. The van der Waals surface area contributed by atoms with Gasteiger partial charge >= 0.3 is 17.9 Å². The first kappa shape index (κ1) is 48.4. The molecule has 0 rings (SSSR count). The first-order valence-electron chi connectivity index (χ1n) is 21.7. The number of hydrogen-bond donors (Lipinski definition) is 0. The molecule has 0 aliphatic heterocycles. The summed E-state index contributed by atoms with van der Waals surface area (Å²) in [4.78, 5) is 37.6. The molecule has 1 atom stereocenters. The molecule has 0 amide bonds. The second-order valence-electron chi connectivity index (χ2n) is 15.9. The van der Waals surface area contributed by atoms with Gasteiger partial charge in [-0.15, -0.1) is 0 Å². The SMILES string of the molecule is CCCCCCCCCCCCC(=O)OC[C@@H](COC(=O)CCCCCCCCC(C)C)OC(=O)CCCCCCCCCCCCC(C)C. The minimum absolute atomic E-state index is 0.0660. The van der Waals surface area contributed by atoms with Crippen LogP contribution in [0.25, 0.3) is 0 Å². The lowest BCUT2D eigenvalue weighted by Gasteiger charge is -2.18. The molecule has 0 fully saturated rings. The van der Waals surface area contributed by atoms with Crippen LogP contribution >= 0.6 is 0 Å². The maximum atomic E-state index is 12.7. The fraction of sp³-hybridized carbons (Fsp3) is 0.932. The second kappa shape index (κ2) is 37.2. The zero-order chi connectivity index (χ0) is 36.9. The Hall–Kier alpha value is -1.59. The van der Waals surface area contributed by atoms with Gasteiger partial charge in [0.1, 0.15) is 13.2 Å². The third-order valence-corrected chi connectivity index (χ3v) is 9.72. The monoisotopic (exact) mass is 709 g/mol. The van der Waals surface area contributed by atoms with Gasteiger partial charge in [-0.1, -0.05) is 195 Å². The van der Waals surface area contributed by atoms with Crippen LogP contribution in [0.5, 0.6) is 0 Å². The molecule has 0 aliphatic rings. The minimum Gasteiger partial charge on any atom is -0.462 e. The van der Waals surface area contributed by atoms with Crippen molar-refractivity contribution in [2.45, 2.75) is 240 Å². The molecule has 0 aliphatic carbocycles. The highest BCUT2D eigenvalue weighted by atomic mass is 16.6. The topological polar surface area (TPSA) is 78.9 Å². The Morgan fingerprint density at radius 3 is 0.980 bits per heavy atom. The Bertz CT molecular complexity index is 764. The van der Waals surface area contributed by atoms with Crippen molar-refractivity contribution < 1.29 is 28.6 Å². The summed E-state index contributed by atoms with van der Waals surface area (Å²) in [7, 11) is 0. The molecule has 0 saturated heterocycles. The summed E-state index contributed by atoms with van der Waals surface area (Å²) in [5.74, 6) is 0.713. The van der Waals surface area contributed by atoms with E-state index in [9.17, 15) is 14.4 Å². The third-order valence-electron chi connectivity index (χ3n) is 9.72. The van der Waals surface area contributed by atoms with Crippen LogP contribution < -0.4 is 0 Å². The lowest BCUT2D eigenvalue weighted by molar-refractivity contribution is -0.167. The first-order valence-corrected chi connectivity index (χ1v) is 21.7. The highest BCUT2D eigenvalue weighted by molar-refractivity contribution is 5.71. The van der Waals surface area contributed by atoms with Crippen molar-refractivity contribution in [1.82, 2.24) is 0 Å². The number of unbranched alkanes of at least 4 members (excludes halogenated alkanes) is 23. The van der Waals surface area contributed by atoms with Crippen LogP contribution in [-0.4, -0.2) is 37.2 Å². The van der Waals surface area contributed by atoms with Crippen molar-refractivity contribution in [1.29, 1.82) is 0 Å². The van der Waals surface area contributed by atoms with E-state index >= 15 is 0 Å². The van der Waals surface area contributed by atoms with E-state index in [2.05, 4.69) is 34.6 Å². The van der Waals surface area contributed by atoms with E-state index in [4.69, 9.17) is 14.2 Å². The van der Waals surface area contributed by atoms with Gasteiger partial charge < -0.3 is 14.2 Å². The molecule has 50 heavy (non-hydrogen) atoms. The Morgan fingerprint density at radius 1 is 0.380 bits per heavy atom. The molecule has 0 saturated carbocycles. The maximum Gasteiger partial charge on any atom is 0.306 e. The van der Waals surface area contributed by atoms with Gasteiger partial charge in [0.2, 0.25) is 0 Å². The van der Waals surface area contributed by atoms with Gasteiger partial charge in [-0.25, -0.2) is 0 Å². The van der Waals surface area contributed by atoms with E-state index in [-0.39, 0.29) is 31.1 Å². The number of carbonyl (C=O) groups excluding carboxylic acids is 3. The molecule has 296 valence electrons. The molecule has 6 heteroatoms. The summed E-state index contributed by atoms with van der Waals surface area (Å²) >= 11 is 0. The quantitative estimate of drug-likeness (QED) is 0.0361. The lowest BCUT2D eigenvalue weighted by atomic mass is 10.0. The van der Waals surface area contributed by atoms with Crippen molar-refractivity contribution in [3.8, 4) is 0 Å². The molecule has 0 spiro atoms. The van der Waals surface area contributed by atoms with E-state index in [0.717, 1.165) is 69.6 Å². The standard InChI is InChI=1S/C44H84O6/c1-6-7-8-9-10-11-15-18-24-29-34-42(45)48-37-41(38-49-43(46)35-30-25-21-20-23-28-33-40(4)5)50-44(47)36-31-26-19-16-13-12-14-17-22-27-32-39(2)3/h39-41H,6-38H2,1-5H3/t41-/m0/s1. The summed E-state index contributed by atoms with van der Waals surface area (Å²) in [6.45, 7) is 11.2. The van der Waals surface area contributed by atoms with Crippen LogP contribution in [0.4, 0.5) is 0 Å². The van der Waals surface area contributed by atoms with Crippen molar-refractivity contribution in [3.05, 3.63) is 0 Å². The number of esters is 3. The van der Waals surface area contributed by atoms with Crippen LogP contribution in [0.3, 0.4) is 0 Å². The van der Waals surface area contributed by atoms with Crippen LogP contribution in [0, 0.1) is 11.8 Å². The fourth-order valence-corrected chi connectivity index (χ4v) is 6.40. The zero-order valence-electron chi connectivity index (χ0n) is 34.0. The van der Waals surface area contributed by atoms with Gasteiger partial charge in [0.25, 0.3) is 0 Å². The Morgan fingerprint density at radius 2 is 0.660 bits per heavy atom. The lowest BCUT2D eigenvalue weighted by Crippen LogP contribution is -2.30. The molecule has 0 N–H and O–H groups in total. The minimum atomic E-state index is -0.760. The molecule has 6 nitrogen and oxygen atoms in total. The van der Waals surface area contributed by atoms with Gasteiger partial charge in [0.15, 0.2) is 6.10 Å². The molecule has 0 aromatic heterocycles. The summed E-state index contributed by atoms with van der Waals surface area (Å²) in [6.07, 6.45) is 33.8. The average Bonchev–Trinajstić information content (AvgIpc) is 3.08. The van der Waals surface area contributed by atoms with E-state index < -0.39 is 6.10 Å². The molecule has 0 unspecified atom stereocenters. The highest BCUT2D eigenvalue weighted by Gasteiger charge is 2.19. The maximum absolute atomic E-state index is 12.7. The van der Waals surface area contributed by atoms with Gasteiger partial charge in [0, 0.05) is 19.3 Å². The fourth-order valence-electron chi connectivity index (χ4n) is 6.40. The smallest absolute Gasteiger partial charge is 0.306 e. The van der Waals surface area contributed by atoms with Crippen molar-refractivity contribution in [3.63, 3.8) is 0 Å². The first-order chi connectivity index (χ1) is 24.2. The van der Waals surface area contributed by atoms with Gasteiger partial charge in [-0.05, 0) is 31.1 Å². The van der Waals surface area contributed by atoms with Crippen molar-refractivity contribution in [2.24, 2.45) is 11.8 Å². The Labute approximate surface area is 310 Å². The third kappa shape index (κ3) is 37.7. The molecule has 0 heterocycles. The van der Waals surface area contributed by atoms with Gasteiger partial charge in [0.05, 0.1) is 0 Å². The molecule has 0 aromatic rings. The van der Waals surface area contributed by atoms with E-state index in [1.165, 1.54) is 122 Å². The molecule has 0 bridgehead atoms. The van der Waals surface area contributed by atoms with Gasteiger partial charge in [-0.3, -0.25) is 14.4 Å². The number of carbonyl (C=O) groups is 3. The number of hydrogen-bond acceptors (Lipinski definition) is 6. The second-order valence-corrected chi connectivity index (χ2v) is 15.9. The summed E-state index contributed by atoms with van der Waals surface area (Å²) < 4.78 is 16.7. The Kier molecular flexibility index (Phi) is 36.0. The summed E-state index contributed by atoms with van der Waals surface area (Å²) in [5, 5.41) is 0. The van der Waals surface area contributed by atoms with Gasteiger partial charge in [-0.2, -0.15) is 0 Å². The van der Waals surface area contributed by atoms with E-state index in [0.29, 0.717) is 19.3 Å². The predicted molar refractivity (Wildman–Crippen MR) is 210 cm³/mol.